The van der Waals surface area contributed by atoms with Crippen LogP contribution in [0, 0.1) is 5.92 Å². The summed E-state index contributed by atoms with van der Waals surface area (Å²) in [5.74, 6) is -0.0787. The first-order valence-corrected chi connectivity index (χ1v) is 10.1. The molecule has 1 aliphatic heterocycles. The van der Waals surface area contributed by atoms with Crippen molar-refractivity contribution in [2.75, 3.05) is 13.7 Å². The number of carbonyl (C=O) groups excluding carboxylic acids is 2. The van der Waals surface area contributed by atoms with Crippen molar-refractivity contribution in [2.24, 2.45) is 11.7 Å². The number of carbonyl (C=O) groups is 2. The molecule has 0 radical (unpaired) electrons. The van der Waals surface area contributed by atoms with E-state index in [-0.39, 0.29) is 18.6 Å². The van der Waals surface area contributed by atoms with Crippen molar-refractivity contribution in [2.45, 2.75) is 50.8 Å². The predicted molar refractivity (Wildman–Crippen MR) is 106 cm³/mol. The highest BCUT2D eigenvalue weighted by Gasteiger charge is 2.38. The number of esters is 2. The van der Waals surface area contributed by atoms with Gasteiger partial charge >= 0.3 is 11.9 Å². The third-order valence-corrected chi connectivity index (χ3v) is 5.85. The number of hydrogen-bond acceptors (Lipinski definition) is 6. The maximum atomic E-state index is 12.2. The fourth-order valence-corrected chi connectivity index (χ4v) is 4.11. The predicted octanol–water partition coefficient (Wildman–Crippen LogP) is 3.03. The second-order valence-electron chi connectivity index (χ2n) is 7.43. The van der Waals surface area contributed by atoms with Gasteiger partial charge in [-0.15, -0.1) is 0 Å². The van der Waals surface area contributed by atoms with Crippen LogP contribution in [0.3, 0.4) is 0 Å². The summed E-state index contributed by atoms with van der Waals surface area (Å²) in [4.78, 5) is 26.6. The van der Waals surface area contributed by atoms with Gasteiger partial charge in [0.1, 0.15) is 18.7 Å². The van der Waals surface area contributed by atoms with E-state index in [4.69, 9.17) is 26.8 Å². The lowest BCUT2D eigenvalue weighted by molar-refractivity contribution is -0.146. The minimum absolute atomic E-state index is 0.0975. The third-order valence-electron chi connectivity index (χ3n) is 5.48. The summed E-state index contributed by atoms with van der Waals surface area (Å²) >= 11 is 6.06. The van der Waals surface area contributed by atoms with Gasteiger partial charge in [-0.2, -0.15) is 0 Å². The van der Waals surface area contributed by atoms with Crippen molar-refractivity contribution < 1.29 is 19.1 Å². The Balaban J connectivity index is 1.46. The molecule has 7 heteroatoms. The Bertz CT molecular complexity index is 752. The second-order valence-corrected chi connectivity index (χ2v) is 7.84. The Morgan fingerprint density at radius 2 is 2.07 bits per heavy atom. The number of nitrogens with zero attached hydrogens (tertiary/aromatic N) is 1. The fourth-order valence-electron chi connectivity index (χ4n) is 3.92. The van der Waals surface area contributed by atoms with E-state index in [0.29, 0.717) is 30.2 Å². The number of benzene rings is 1. The highest BCUT2D eigenvalue weighted by Crippen LogP contribution is 2.38. The average molecular weight is 407 g/mol. The highest BCUT2D eigenvalue weighted by molar-refractivity contribution is 6.31. The number of ether oxygens (including phenoxy) is 2. The number of allylic oxidation sites excluding steroid dienone is 2. The quantitative estimate of drug-likeness (QED) is 0.635. The van der Waals surface area contributed by atoms with Crippen LogP contribution < -0.4 is 5.73 Å². The normalized spacial score (nSPS) is 19.9. The zero-order valence-electron chi connectivity index (χ0n) is 16.1. The van der Waals surface area contributed by atoms with Crippen LogP contribution in [0.2, 0.25) is 5.02 Å². The first kappa shape index (κ1) is 20.7. The van der Waals surface area contributed by atoms with Crippen LogP contribution in [0.5, 0.6) is 0 Å². The molecule has 0 amide bonds. The average Bonchev–Trinajstić information content (AvgIpc) is 3.33. The van der Waals surface area contributed by atoms with E-state index in [0.717, 1.165) is 24.9 Å². The summed E-state index contributed by atoms with van der Waals surface area (Å²) in [6.45, 7) is 0.998. The maximum Gasteiger partial charge on any atom is 0.328 e. The van der Waals surface area contributed by atoms with Gasteiger partial charge < -0.3 is 20.1 Å². The minimum atomic E-state index is -0.727. The molecule has 2 aliphatic rings. The van der Waals surface area contributed by atoms with Crippen molar-refractivity contribution in [1.82, 2.24) is 4.90 Å². The largest absolute Gasteiger partial charge is 0.467 e. The van der Waals surface area contributed by atoms with Crippen molar-refractivity contribution in [3.8, 4) is 0 Å². The molecule has 1 aromatic carbocycles. The van der Waals surface area contributed by atoms with E-state index in [9.17, 15) is 9.59 Å². The molecule has 6 nitrogen and oxygen atoms in total. The van der Waals surface area contributed by atoms with Crippen molar-refractivity contribution in [1.29, 1.82) is 0 Å². The summed E-state index contributed by atoms with van der Waals surface area (Å²) in [6.07, 6.45) is 6.04. The van der Waals surface area contributed by atoms with E-state index < -0.39 is 12.0 Å². The van der Waals surface area contributed by atoms with E-state index in [1.54, 1.807) is 12.1 Å². The zero-order valence-corrected chi connectivity index (χ0v) is 16.9. The third kappa shape index (κ3) is 4.86. The molecular formula is C21H27ClN2O4. The topological polar surface area (TPSA) is 81.9 Å². The first-order chi connectivity index (χ1) is 13.5. The highest BCUT2D eigenvalue weighted by atomic mass is 35.5. The van der Waals surface area contributed by atoms with Crippen molar-refractivity contribution >= 4 is 23.5 Å². The van der Waals surface area contributed by atoms with Gasteiger partial charge in [-0.1, -0.05) is 35.9 Å². The molecular weight excluding hydrogens is 380 g/mol. The van der Waals surface area contributed by atoms with Crippen molar-refractivity contribution in [3.05, 3.63) is 46.6 Å². The molecule has 1 aliphatic carbocycles. The summed E-state index contributed by atoms with van der Waals surface area (Å²) < 4.78 is 10.3. The van der Waals surface area contributed by atoms with Crippen LogP contribution >= 0.6 is 11.6 Å². The molecule has 28 heavy (non-hydrogen) atoms. The molecule has 2 bridgehead atoms. The fraction of sp³-hybridized carbons (Fsp3) is 0.524. The number of hydrogen-bond donors (Lipinski definition) is 1. The number of methoxy groups -OCH3 is 1. The number of rotatable bonds is 9. The van der Waals surface area contributed by atoms with Gasteiger partial charge in [0.15, 0.2) is 0 Å². The van der Waals surface area contributed by atoms with Gasteiger partial charge in [0.25, 0.3) is 0 Å². The summed E-state index contributed by atoms with van der Waals surface area (Å²) in [6, 6.07) is 6.17. The van der Waals surface area contributed by atoms with Crippen LogP contribution in [-0.4, -0.2) is 42.6 Å². The van der Waals surface area contributed by atoms with E-state index >= 15 is 0 Å². The Morgan fingerprint density at radius 3 is 2.71 bits per heavy atom. The van der Waals surface area contributed by atoms with Gasteiger partial charge in [0, 0.05) is 22.8 Å². The van der Waals surface area contributed by atoms with Crippen LogP contribution in [0.15, 0.2) is 36.0 Å². The zero-order chi connectivity index (χ0) is 20.1. The second kappa shape index (κ2) is 9.43. The van der Waals surface area contributed by atoms with Crippen molar-refractivity contribution in [3.63, 3.8) is 0 Å². The molecule has 1 fully saturated rings. The molecule has 1 aromatic rings. The summed E-state index contributed by atoms with van der Waals surface area (Å²) in [5.41, 5.74) is 7.96. The van der Waals surface area contributed by atoms with Crippen LogP contribution in [0.4, 0.5) is 0 Å². The number of likely N-dealkylation sites (tertiary alicyclic amines) is 1. The first-order valence-electron chi connectivity index (χ1n) is 9.68. The van der Waals surface area contributed by atoms with E-state index in [1.807, 2.05) is 12.1 Å². The standard InChI is InChI=1S/C21H27ClN2O4/c1-27-21(26)19(24-12-14-9-10-16(24)11-14)8-4-7-18(23)20(25)28-13-15-5-2-3-6-17(15)22/h2-3,5-6,10,14,18-19H,4,7-9,11-13,23H2,1H3. The lowest BCUT2D eigenvalue weighted by Crippen LogP contribution is -2.41. The molecule has 0 spiro atoms. The molecule has 1 heterocycles. The SMILES string of the molecule is COC(=O)C(CCCC(N)C(=O)OCc1ccccc1Cl)N1CC2CC=C1C2. The van der Waals surface area contributed by atoms with Gasteiger partial charge in [0.2, 0.25) is 0 Å². The number of fused-ring (bicyclic) bond motifs is 2. The molecule has 1 saturated heterocycles. The van der Waals surface area contributed by atoms with Crippen LogP contribution in [0.25, 0.3) is 0 Å². The Kier molecular flexibility index (Phi) is 6.97. The van der Waals surface area contributed by atoms with E-state index in [2.05, 4.69) is 11.0 Å². The molecule has 0 aromatic heterocycles. The summed E-state index contributed by atoms with van der Waals surface area (Å²) in [5, 5.41) is 0.555. The van der Waals surface area contributed by atoms with Gasteiger partial charge in [0.05, 0.1) is 7.11 Å². The molecule has 3 atom stereocenters. The Hall–Kier alpha value is -2.05. The molecule has 152 valence electrons. The Morgan fingerprint density at radius 1 is 1.29 bits per heavy atom. The van der Waals surface area contributed by atoms with Crippen LogP contribution in [-0.2, 0) is 25.7 Å². The minimum Gasteiger partial charge on any atom is -0.467 e. The van der Waals surface area contributed by atoms with E-state index in [1.165, 1.54) is 12.8 Å². The lowest BCUT2D eigenvalue weighted by Gasteiger charge is -2.31. The summed E-state index contributed by atoms with van der Waals surface area (Å²) in [7, 11) is 1.41. The Labute approximate surface area is 170 Å². The number of halogens is 1. The lowest BCUT2D eigenvalue weighted by atomic mass is 10.0. The molecule has 2 N–H and O–H groups in total. The van der Waals surface area contributed by atoms with Gasteiger partial charge in [-0.3, -0.25) is 4.79 Å². The maximum absolute atomic E-state index is 12.2. The smallest absolute Gasteiger partial charge is 0.328 e. The van der Waals surface area contributed by atoms with Crippen LogP contribution in [0.1, 0.15) is 37.7 Å². The number of nitrogens with two attached hydrogens (primary N) is 1. The molecule has 0 saturated carbocycles. The van der Waals surface area contributed by atoms with Gasteiger partial charge in [-0.05, 0) is 44.1 Å². The molecule has 3 unspecified atom stereocenters. The van der Waals surface area contributed by atoms with Gasteiger partial charge in [-0.25, -0.2) is 4.79 Å². The molecule has 3 rings (SSSR count). The monoisotopic (exact) mass is 406 g/mol.